The van der Waals surface area contributed by atoms with Crippen molar-refractivity contribution >= 4 is 32.8 Å². The first kappa shape index (κ1) is 14.1. The third-order valence-electron chi connectivity index (χ3n) is 3.18. The zero-order chi connectivity index (χ0) is 14.0. The van der Waals surface area contributed by atoms with Crippen LogP contribution in [0.3, 0.4) is 0 Å². The Labute approximate surface area is 120 Å². The number of H-pyrrole nitrogens is 1. The molecule has 0 bridgehead atoms. The van der Waals surface area contributed by atoms with Crippen molar-refractivity contribution in [3.8, 4) is 0 Å². The third-order valence-corrected chi connectivity index (χ3v) is 3.67. The van der Waals surface area contributed by atoms with Gasteiger partial charge in [-0.05, 0) is 30.8 Å². The minimum Gasteiger partial charge on any atom is -0.481 e. The normalized spacial score (nSPS) is 13.1. The minimum atomic E-state index is -0.756. The number of carbonyl (C=O) groups is 1. The summed E-state index contributed by atoms with van der Waals surface area (Å²) in [7, 11) is 1.94. The zero-order valence-corrected chi connectivity index (χ0v) is 12.6. The van der Waals surface area contributed by atoms with Crippen molar-refractivity contribution in [1.82, 2.24) is 9.88 Å². The summed E-state index contributed by atoms with van der Waals surface area (Å²) in [4.78, 5) is 16.1. The molecule has 1 heterocycles. The second kappa shape index (κ2) is 5.75. The topological polar surface area (TPSA) is 56.3 Å². The van der Waals surface area contributed by atoms with E-state index in [-0.39, 0.29) is 5.92 Å². The number of carboxylic acid groups (broad SMARTS) is 1. The number of benzene rings is 1. The molecule has 1 atom stereocenters. The van der Waals surface area contributed by atoms with E-state index in [0.717, 1.165) is 16.5 Å². The van der Waals surface area contributed by atoms with Crippen LogP contribution in [-0.2, 0) is 11.3 Å². The molecule has 1 aromatic carbocycles. The quantitative estimate of drug-likeness (QED) is 0.888. The van der Waals surface area contributed by atoms with Crippen LogP contribution in [0, 0.1) is 5.92 Å². The largest absolute Gasteiger partial charge is 0.481 e. The predicted octanol–water partition coefficient (Wildman–Crippen LogP) is 3.08. The summed E-state index contributed by atoms with van der Waals surface area (Å²) in [6.45, 7) is 2.99. The van der Waals surface area contributed by atoms with Crippen LogP contribution in [0.15, 0.2) is 28.9 Å². The van der Waals surface area contributed by atoms with Gasteiger partial charge in [0.1, 0.15) is 0 Å². The number of nitrogens with zero attached hydrogens (tertiary/aromatic N) is 1. The van der Waals surface area contributed by atoms with E-state index in [1.54, 1.807) is 6.92 Å². The van der Waals surface area contributed by atoms with Gasteiger partial charge in [-0.1, -0.05) is 22.9 Å². The fourth-order valence-electron chi connectivity index (χ4n) is 2.18. The molecule has 0 saturated carbocycles. The van der Waals surface area contributed by atoms with E-state index in [9.17, 15) is 4.79 Å². The van der Waals surface area contributed by atoms with Crippen LogP contribution in [0.2, 0.25) is 0 Å². The second-order valence-electron chi connectivity index (χ2n) is 4.94. The summed E-state index contributed by atoms with van der Waals surface area (Å²) < 4.78 is 1.04. The summed E-state index contributed by atoms with van der Waals surface area (Å²) in [5.41, 5.74) is 2.27. The molecule has 0 aliphatic rings. The molecule has 0 fully saturated rings. The predicted molar refractivity (Wildman–Crippen MR) is 79.1 cm³/mol. The first-order chi connectivity index (χ1) is 8.97. The number of aromatic amines is 1. The van der Waals surface area contributed by atoms with E-state index >= 15 is 0 Å². The molecule has 4 nitrogen and oxygen atoms in total. The number of carboxylic acids is 1. The van der Waals surface area contributed by atoms with Gasteiger partial charge in [0, 0.05) is 34.7 Å². The first-order valence-electron chi connectivity index (χ1n) is 6.14. The van der Waals surface area contributed by atoms with Crippen LogP contribution < -0.4 is 0 Å². The number of rotatable bonds is 5. The van der Waals surface area contributed by atoms with Gasteiger partial charge in [-0.25, -0.2) is 0 Å². The molecule has 0 radical (unpaired) electrons. The first-order valence-corrected chi connectivity index (χ1v) is 6.93. The molecule has 0 spiro atoms. The van der Waals surface area contributed by atoms with Crippen molar-refractivity contribution in [2.24, 2.45) is 5.92 Å². The van der Waals surface area contributed by atoms with Crippen LogP contribution in [0.4, 0.5) is 0 Å². The Hall–Kier alpha value is -1.33. The van der Waals surface area contributed by atoms with Crippen molar-refractivity contribution in [2.75, 3.05) is 13.6 Å². The fourth-order valence-corrected chi connectivity index (χ4v) is 2.54. The van der Waals surface area contributed by atoms with Crippen molar-refractivity contribution in [3.05, 3.63) is 34.4 Å². The Kier molecular flexibility index (Phi) is 4.27. The summed E-state index contributed by atoms with van der Waals surface area (Å²) in [5.74, 6) is -1.12. The van der Waals surface area contributed by atoms with Gasteiger partial charge in [0.15, 0.2) is 0 Å². The second-order valence-corrected chi connectivity index (χ2v) is 5.86. The van der Waals surface area contributed by atoms with Crippen LogP contribution in [0.1, 0.15) is 12.5 Å². The molecular formula is C14H17BrN2O2. The van der Waals surface area contributed by atoms with E-state index in [4.69, 9.17) is 5.11 Å². The standard InChI is InChI=1S/C14H17BrN2O2/c1-9(14(18)19)7-17(2)8-10-6-16-13-4-3-11(15)5-12(10)13/h3-6,9,16H,7-8H2,1-2H3,(H,18,19). The van der Waals surface area contributed by atoms with Gasteiger partial charge in [0.05, 0.1) is 5.92 Å². The number of aromatic nitrogens is 1. The van der Waals surface area contributed by atoms with Crippen LogP contribution in [0.5, 0.6) is 0 Å². The molecule has 2 N–H and O–H groups in total. The molecule has 5 heteroatoms. The van der Waals surface area contributed by atoms with Gasteiger partial charge in [-0.3, -0.25) is 4.79 Å². The Morgan fingerprint density at radius 3 is 2.95 bits per heavy atom. The molecule has 1 unspecified atom stereocenters. The summed E-state index contributed by atoms with van der Waals surface area (Å²) in [6.07, 6.45) is 1.99. The summed E-state index contributed by atoms with van der Waals surface area (Å²) in [6, 6.07) is 6.11. The zero-order valence-electron chi connectivity index (χ0n) is 11.0. The molecule has 0 amide bonds. The van der Waals surface area contributed by atoms with Crippen LogP contribution >= 0.6 is 15.9 Å². The molecule has 2 aromatic rings. The van der Waals surface area contributed by atoms with E-state index in [0.29, 0.717) is 6.54 Å². The van der Waals surface area contributed by atoms with Gasteiger partial charge >= 0.3 is 5.97 Å². The Morgan fingerprint density at radius 2 is 2.26 bits per heavy atom. The Bertz CT molecular complexity index is 594. The van der Waals surface area contributed by atoms with Crippen molar-refractivity contribution in [2.45, 2.75) is 13.5 Å². The van der Waals surface area contributed by atoms with Crippen molar-refractivity contribution in [1.29, 1.82) is 0 Å². The number of nitrogens with one attached hydrogen (secondary N) is 1. The highest BCUT2D eigenvalue weighted by Gasteiger charge is 2.14. The maximum Gasteiger partial charge on any atom is 0.307 e. The molecular weight excluding hydrogens is 308 g/mol. The van der Waals surface area contributed by atoms with Crippen molar-refractivity contribution in [3.63, 3.8) is 0 Å². The maximum absolute atomic E-state index is 10.9. The van der Waals surface area contributed by atoms with Gasteiger partial charge in [0.2, 0.25) is 0 Å². The van der Waals surface area contributed by atoms with E-state index in [1.807, 2.05) is 30.3 Å². The van der Waals surface area contributed by atoms with E-state index in [2.05, 4.69) is 27.0 Å². The van der Waals surface area contributed by atoms with Crippen molar-refractivity contribution < 1.29 is 9.90 Å². The molecule has 0 aliphatic carbocycles. The SMILES string of the molecule is CC(CN(C)Cc1c[nH]c2ccc(Br)cc12)C(=O)O. The molecule has 2 rings (SSSR count). The lowest BCUT2D eigenvalue weighted by Crippen LogP contribution is -2.28. The lowest BCUT2D eigenvalue weighted by atomic mass is 10.1. The highest BCUT2D eigenvalue weighted by Crippen LogP contribution is 2.23. The average Bonchev–Trinajstić information content (AvgIpc) is 2.71. The average molecular weight is 325 g/mol. The molecule has 0 aliphatic heterocycles. The number of hydrogen-bond donors (Lipinski definition) is 2. The third kappa shape index (κ3) is 3.36. The Morgan fingerprint density at radius 1 is 1.53 bits per heavy atom. The number of aliphatic carboxylic acids is 1. The van der Waals surface area contributed by atoms with Gasteiger partial charge in [-0.2, -0.15) is 0 Å². The maximum atomic E-state index is 10.9. The van der Waals surface area contributed by atoms with Gasteiger partial charge in [0.25, 0.3) is 0 Å². The van der Waals surface area contributed by atoms with E-state index in [1.165, 1.54) is 10.9 Å². The van der Waals surface area contributed by atoms with E-state index < -0.39 is 5.97 Å². The fraction of sp³-hybridized carbons (Fsp3) is 0.357. The molecule has 19 heavy (non-hydrogen) atoms. The monoisotopic (exact) mass is 324 g/mol. The summed E-state index contributed by atoms with van der Waals surface area (Å²) >= 11 is 3.47. The highest BCUT2D eigenvalue weighted by atomic mass is 79.9. The van der Waals surface area contributed by atoms with Gasteiger partial charge < -0.3 is 15.0 Å². The molecule has 1 aromatic heterocycles. The van der Waals surface area contributed by atoms with Crippen LogP contribution in [0.25, 0.3) is 10.9 Å². The molecule has 0 saturated heterocycles. The number of hydrogen-bond acceptors (Lipinski definition) is 2. The molecule has 102 valence electrons. The minimum absolute atomic E-state index is 0.359. The highest BCUT2D eigenvalue weighted by molar-refractivity contribution is 9.10. The van der Waals surface area contributed by atoms with Crippen LogP contribution in [-0.4, -0.2) is 34.6 Å². The number of halogens is 1. The lowest BCUT2D eigenvalue weighted by molar-refractivity contribution is -0.141. The van der Waals surface area contributed by atoms with Gasteiger partial charge in [-0.15, -0.1) is 0 Å². The Balaban J connectivity index is 2.12. The number of fused-ring (bicyclic) bond motifs is 1. The smallest absolute Gasteiger partial charge is 0.307 e. The summed E-state index contributed by atoms with van der Waals surface area (Å²) in [5, 5.41) is 10.1. The lowest BCUT2D eigenvalue weighted by Gasteiger charge is -2.18.